The number of nitrogens with zero attached hydrogens (tertiary/aromatic N) is 1. The highest BCUT2D eigenvalue weighted by Crippen LogP contribution is 2.63. The maximum absolute atomic E-state index is 12.5. The molecule has 2 N–H and O–H groups in total. The monoisotopic (exact) mass is 479 g/mol. The molecule has 1 aromatic heterocycles. The third-order valence-electron chi connectivity index (χ3n) is 4.38. The molecule has 1 aromatic rings. The summed E-state index contributed by atoms with van der Waals surface area (Å²) in [5.41, 5.74) is 1.38. The van der Waals surface area contributed by atoms with Crippen molar-refractivity contribution in [2.24, 2.45) is 5.41 Å². The predicted molar refractivity (Wildman–Crippen MR) is 111 cm³/mol. The first-order chi connectivity index (χ1) is 14.5. The second-order valence-electron chi connectivity index (χ2n) is 7.73. The molecule has 2 rings (SSSR count). The molecular formula is C18H28N2O9PS+. The summed E-state index contributed by atoms with van der Waals surface area (Å²) in [4.78, 5) is 51.0. The normalized spacial score (nSPS) is 22.7. The van der Waals surface area contributed by atoms with Gasteiger partial charge in [0.15, 0.2) is 6.10 Å². The molecule has 2 heterocycles. The third kappa shape index (κ3) is 6.90. The Labute approximate surface area is 185 Å². The van der Waals surface area contributed by atoms with Gasteiger partial charge in [0.1, 0.15) is 11.5 Å². The first kappa shape index (κ1) is 25.6. The van der Waals surface area contributed by atoms with E-state index in [1.54, 1.807) is 19.4 Å². The largest absolute Gasteiger partial charge is 0.576 e. The van der Waals surface area contributed by atoms with Crippen molar-refractivity contribution >= 4 is 37.4 Å². The molecule has 2 atom stereocenters. The van der Waals surface area contributed by atoms with Gasteiger partial charge in [-0.05, 0) is 5.92 Å². The third-order valence-corrected chi connectivity index (χ3v) is 6.56. The number of hydrogen-bond acceptors (Lipinski definition) is 11. The average Bonchev–Trinajstić information content (AvgIpc) is 3.20. The Morgan fingerprint density at radius 3 is 2.77 bits per heavy atom. The number of carbonyl (C=O) groups excluding carboxylic acids is 3. The Balaban J connectivity index is 1.92. The first-order valence-corrected chi connectivity index (χ1v) is 11.9. The zero-order valence-corrected chi connectivity index (χ0v) is 19.8. The van der Waals surface area contributed by atoms with E-state index >= 15 is 0 Å². The van der Waals surface area contributed by atoms with Crippen LogP contribution in [0.3, 0.4) is 0 Å². The van der Waals surface area contributed by atoms with Crippen molar-refractivity contribution in [3.05, 3.63) is 16.1 Å². The van der Waals surface area contributed by atoms with Gasteiger partial charge in [0, 0.05) is 12.0 Å². The summed E-state index contributed by atoms with van der Waals surface area (Å²) in [6, 6.07) is 0. The van der Waals surface area contributed by atoms with Crippen LogP contribution in [0.2, 0.25) is 0 Å². The molecule has 174 valence electrons. The number of carbonyl (C=O) groups is 3. The van der Waals surface area contributed by atoms with Gasteiger partial charge in [0.2, 0.25) is 6.79 Å². The van der Waals surface area contributed by atoms with E-state index in [-0.39, 0.29) is 25.5 Å². The molecule has 0 aliphatic carbocycles. The summed E-state index contributed by atoms with van der Waals surface area (Å²) in [6.07, 6.45) is -1.12. The summed E-state index contributed by atoms with van der Waals surface area (Å²) in [5.74, 6) is -1.62. The minimum Gasteiger partial charge on any atom is -0.469 e. The van der Waals surface area contributed by atoms with E-state index in [1.807, 2.05) is 13.8 Å². The minimum atomic E-state index is -3.92. The van der Waals surface area contributed by atoms with Crippen LogP contribution in [0.1, 0.15) is 55.4 Å². The SMILES string of the molecule is COC(=O)CCNC(=O)[C@@H]1O[P+](O)(OCOC(=O)c2scnc2C(C)C)OCC1(C)C. The standard InChI is InChI=1S/C18H27N2O9PS/c1-11(2)13-14(31-9-20-13)17(23)26-10-28-30(24)27-8-18(3,4)15(29-30)16(22)19-7-6-12(21)25-5/h9,11,15,24H,6-8,10H2,1-5H3/p+1/t15-,30?/m0/s1. The average molecular weight is 479 g/mol. The number of rotatable bonds is 9. The maximum atomic E-state index is 12.5. The van der Waals surface area contributed by atoms with Crippen molar-refractivity contribution in [3.8, 4) is 0 Å². The predicted octanol–water partition coefficient (Wildman–Crippen LogP) is 2.19. The number of amides is 1. The lowest BCUT2D eigenvalue weighted by atomic mass is 9.87. The Morgan fingerprint density at radius 1 is 1.42 bits per heavy atom. The number of methoxy groups -OCH3 is 1. The molecule has 0 aromatic carbocycles. The van der Waals surface area contributed by atoms with Gasteiger partial charge in [-0.15, -0.1) is 20.4 Å². The van der Waals surface area contributed by atoms with Crippen LogP contribution < -0.4 is 5.32 Å². The van der Waals surface area contributed by atoms with E-state index in [4.69, 9.17) is 18.3 Å². The molecule has 1 aliphatic heterocycles. The van der Waals surface area contributed by atoms with Crippen LogP contribution in [0.25, 0.3) is 0 Å². The topological polar surface area (TPSA) is 143 Å². The van der Waals surface area contributed by atoms with Crippen molar-refractivity contribution < 1.29 is 42.3 Å². The minimum absolute atomic E-state index is 0.00626. The van der Waals surface area contributed by atoms with Gasteiger partial charge in [-0.25, -0.2) is 9.78 Å². The van der Waals surface area contributed by atoms with Gasteiger partial charge < -0.3 is 14.8 Å². The molecule has 1 unspecified atom stereocenters. The lowest BCUT2D eigenvalue weighted by Crippen LogP contribution is -2.50. The lowest BCUT2D eigenvalue weighted by molar-refractivity contribution is -0.146. The van der Waals surface area contributed by atoms with Crippen LogP contribution in [0, 0.1) is 5.41 Å². The highest BCUT2D eigenvalue weighted by atomic mass is 32.1. The fourth-order valence-corrected chi connectivity index (χ4v) is 4.98. The molecule has 0 spiro atoms. The van der Waals surface area contributed by atoms with E-state index in [0.29, 0.717) is 10.6 Å². The molecular weight excluding hydrogens is 451 g/mol. The van der Waals surface area contributed by atoms with Crippen molar-refractivity contribution in [1.82, 2.24) is 10.3 Å². The Hall–Kier alpha value is -1.69. The van der Waals surface area contributed by atoms with Crippen LogP contribution >= 0.6 is 19.5 Å². The van der Waals surface area contributed by atoms with E-state index in [9.17, 15) is 19.3 Å². The maximum Gasteiger partial charge on any atom is 0.576 e. The Kier molecular flexibility index (Phi) is 8.87. The second-order valence-corrected chi connectivity index (χ2v) is 10.3. The molecule has 1 saturated heterocycles. The van der Waals surface area contributed by atoms with Crippen LogP contribution in [0.5, 0.6) is 0 Å². The van der Waals surface area contributed by atoms with Crippen LogP contribution in [-0.4, -0.2) is 60.9 Å². The zero-order valence-electron chi connectivity index (χ0n) is 18.1. The Bertz CT molecular complexity index is 801. The number of esters is 2. The summed E-state index contributed by atoms with van der Waals surface area (Å²) >= 11 is 1.14. The number of aromatic nitrogens is 1. The van der Waals surface area contributed by atoms with Crippen molar-refractivity contribution in [3.63, 3.8) is 0 Å². The van der Waals surface area contributed by atoms with E-state index in [2.05, 4.69) is 15.0 Å². The van der Waals surface area contributed by atoms with Crippen LogP contribution in [-0.2, 0) is 32.6 Å². The number of thiazole rings is 1. The zero-order chi connectivity index (χ0) is 23.2. The van der Waals surface area contributed by atoms with Gasteiger partial charge in [-0.2, -0.15) is 9.42 Å². The highest BCUT2D eigenvalue weighted by Gasteiger charge is 2.59. The molecule has 13 heteroatoms. The lowest BCUT2D eigenvalue weighted by Gasteiger charge is -2.36. The number of hydrogen-bond donors (Lipinski definition) is 2. The van der Waals surface area contributed by atoms with E-state index < -0.39 is 44.3 Å². The van der Waals surface area contributed by atoms with E-state index in [1.165, 1.54) is 7.11 Å². The molecule has 1 amide bonds. The molecule has 0 bridgehead atoms. The van der Waals surface area contributed by atoms with Gasteiger partial charge in [-0.3, -0.25) is 9.59 Å². The molecule has 1 fully saturated rings. The van der Waals surface area contributed by atoms with Crippen molar-refractivity contribution in [2.75, 3.05) is 27.1 Å². The summed E-state index contributed by atoms with van der Waals surface area (Å²) in [7, 11) is -2.66. The van der Waals surface area contributed by atoms with Gasteiger partial charge in [0.05, 0.1) is 24.7 Å². The van der Waals surface area contributed by atoms with Gasteiger partial charge in [0.25, 0.3) is 5.91 Å². The van der Waals surface area contributed by atoms with Crippen LogP contribution in [0.15, 0.2) is 5.51 Å². The smallest absolute Gasteiger partial charge is 0.469 e. The van der Waals surface area contributed by atoms with Crippen molar-refractivity contribution in [1.29, 1.82) is 0 Å². The number of ether oxygens (including phenoxy) is 2. The van der Waals surface area contributed by atoms with Gasteiger partial charge in [-0.1, -0.05) is 27.7 Å². The first-order valence-electron chi connectivity index (χ1n) is 9.53. The van der Waals surface area contributed by atoms with Crippen molar-refractivity contribution in [2.45, 2.75) is 46.1 Å². The molecule has 0 saturated carbocycles. The second kappa shape index (κ2) is 10.8. The molecule has 1 aliphatic rings. The summed E-state index contributed by atoms with van der Waals surface area (Å²) in [6.45, 7) is 6.63. The highest BCUT2D eigenvalue weighted by molar-refractivity contribution is 7.55. The molecule has 0 radical (unpaired) electrons. The quantitative estimate of drug-likeness (QED) is 0.307. The fourth-order valence-electron chi connectivity index (χ4n) is 2.61. The molecule has 31 heavy (non-hydrogen) atoms. The van der Waals surface area contributed by atoms with E-state index in [0.717, 1.165) is 11.3 Å². The number of nitrogens with one attached hydrogen (secondary N) is 1. The van der Waals surface area contributed by atoms with Gasteiger partial charge >= 0.3 is 20.1 Å². The summed E-state index contributed by atoms with van der Waals surface area (Å²) < 4.78 is 25.6. The summed E-state index contributed by atoms with van der Waals surface area (Å²) in [5, 5.41) is 2.56. The molecule has 11 nitrogen and oxygen atoms in total. The van der Waals surface area contributed by atoms with Crippen LogP contribution in [0.4, 0.5) is 0 Å². The Morgan fingerprint density at radius 2 is 2.13 bits per heavy atom. The fraction of sp³-hybridized carbons (Fsp3) is 0.667.